The average Bonchev–Trinajstić information content (AvgIpc) is 1.60. The van der Waals surface area contributed by atoms with Crippen LogP contribution in [0.4, 0.5) is 0 Å². The second-order valence-electron chi connectivity index (χ2n) is 27.3. The third-order valence-electron chi connectivity index (χ3n) is 21.3. The Labute approximate surface area is 609 Å². The van der Waals surface area contributed by atoms with Crippen molar-refractivity contribution in [1.82, 2.24) is 38.2 Å². The van der Waals surface area contributed by atoms with E-state index in [-0.39, 0.29) is 0 Å². The lowest BCUT2D eigenvalue weighted by molar-refractivity contribution is 1.01. The molecule has 0 aliphatic heterocycles. The molecule has 16 aromatic carbocycles. The number of hydrogen-bond acceptors (Lipinski definition) is 4. The topological polar surface area (TPSA) is 71.3 Å². The van der Waals surface area contributed by atoms with Gasteiger partial charge in [-0.2, -0.15) is 0 Å². The maximum atomic E-state index is 5.25. The molecule has 494 valence electrons. The second-order valence-corrected chi connectivity index (χ2v) is 27.3. The average molecular weight is 1350 g/mol. The summed E-state index contributed by atoms with van der Waals surface area (Å²) in [6, 6.07) is 134. The highest BCUT2D eigenvalue weighted by Crippen LogP contribution is 2.43. The zero-order valence-electron chi connectivity index (χ0n) is 57.4. The Kier molecular flexibility index (Phi) is 14.1. The van der Waals surface area contributed by atoms with E-state index in [1.165, 1.54) is 115 Å². The van der Waals surface area contributed by atoms with Crippen LogP contribution in [0.5, 0.6) is 0 Å². The van der Waals surface area contributed by atoms with Crippen molar-refractivity contribution in [2.45, 2.75) is 0 Å². The van der Waals surface area contributed by atoms with Gasteiger partial charge in [0.25, 0.3) is 0 Å². The predicted octanol–water partition coefficient (Wildman–Crippen LogP) is 25.1. The first-order valence-electron chi connectivity index (χ1n) is 36.0. The zero-order valence-corrected chi connectivity index (χ0v) is 57.4. The standard InChI is InChI=1S/C50H32N4.C48H30N4/c1-3-13-33(14-4-1)34-23-27-38(28-24-34)53-45-21-11-8-17-39(45)42-31-36(25-29-47(42)53)37-26-30-48-43(32-37)40-18-9-12-22-46(40)54(48)50-51-44-20-10-7-19-41(44)49(52-50)35-15-5-2-6-16-35;1-2-13-32(14-3-1)47-39-18-6-9-19-42(39)49-48(50-47)52-44-21-11-8-17-38(44)41-30-35(24-27-46(41)52)34-23-26-45-40(29-34)37-16-7-10-20-43(37)51(45)36-25-22-31-12-4-5-15-33(31)28-36/h1-32H;1-30H. The molecule has 22 aromatic rings. The van der Waals surface area contributed by atoms with E-state index in [0.717, 1.165) is 72.1 Å². The molecule has 8 nitrogen and oxygen atoms in total. The Hall–Kier alpha value is -14.3. The summed E-state index contributed by atoms with van der Waals surface area (Å²) in [5.41, 5.74) is 24.4. The van der Waals surface area contributed by atoms with Gasteiger partial charge < -0.3 is 9.13 Å². The third-order valence-corrected chi connectivity index (χ3v) is 21.3. The summed E-state index contributed by atoms with van der Waals surface area (Å²) in [5, 5.41) is 14.2. The van der Waals surface area contributed by atoms with Gasteiger partial charge in [-0.15, -0.1) is 0 Å². The molecule has 8 heteroatoms. The Morgan fingerprint density at radius 3 is 0.877 bits per heavy atom. The maximum Gasteiger partial charge on any atom is 0.235 e. The first-order valence-corrected chi connectivity index (χ1v) is 36.0. The molecule has 0 aliphatic carbocycles. The number of fused-ring (bicyclic) bond motifs is 15. The van der Waals surface area contributed by atoms with Crippen molar-refractivity contribution >= 4 is 120 Å². The van der Waals surface area contributed by atoms with E-state index >= 15 is 0 Å². The zero-order chi connectivity index (χ0) is 69.8. The van der Waals surface area contributed by atoms with E-state index in [2.05, 4.69) is 370 Å². The fourth-order valence-corrected chi connectivity index (χ4v) is 16.3. The number of benzene rings is 16. The fourth-order valence-electron chi connectivity index (χ4n) is 16.3. The van der Waals surface area contributed by atoms with Crippen molar-refractivity contribution in [3.05, 3.63) is 376 Å². The predicted molar refractivity (Wildman–Crippen MR) is 441 cm³/mol. The minimum absolute atomic E-state index is 0.664. The summed E-state index contributed by atoms with van der Waals surface area (Å²) in [7, 11) is 0. The van der Waals surface area contributed by atoms with Crippen LogP contribution >= 0.6 is 0 Å². The molecule has 6 heterocycles. The normalized spacial score (nSPS) is 11.8. The van der Waals surface area contributed by atoms with Crippen molar-refractivity contribution in [2.75, 3.05) is 0 Å². The molecular weight excluding hydrogens is 1290 g/mol. The van der Waals surface area contributed by atoms with Crippen LogP contribution in [0.1, 0.15) is 0 Å². The van der Waals surface area contributed by atoms with Gasteiger partial charge in [0.15, 0.2) is 0 Å². The van der Waals surface area contributed by atoms with Gasteiger partial charge in [0, 0.05) is 76.4 Å². The monoisotopic (exact) mass is 1350 g/mol. The summed E-state index contributed by atoms with van der Waals surface area (Å²) >= 11 is 0. The van der Waals surface area contributed by atoms with Crippen LogP contribution in [0.15, 0.2) is 376 Å². The molecule has 0 atom stereocenters. The molecule has 6 aromatic heterocycles. The van der Waals surface area contributed by atoms with Gasteiger partial charge in [-0.1, -0.05) is 267 Å². The fraction of sp³-hybridized carbons (Fsp3) is 0. The molecule has 0 saturated heterocycles. The first-order chi connectivity index (χ1) is 52.6. The molecule has 0 bridgehead atoms. The lowest BCUT2D eigenvalue weighted by atomic mass is 10.0. The van der Waals surface area contributed by atoms with Crippen molar-refractivity contribution in [1.29, 1.82) is 0 Å². The number of hydrogen-bond donors (Lipinski definition) is 0. The number of aromatic nitrogens is 8. The van der Waals surface area contributed by atoms with Crippen LogP contribution < -0.4 is 0 Å². The Bertz CT molecular complexity index is 7250. The van der Waals surface area contributed by atoms with Gasteiger partial charge in [-0.25, -0.2) is 19.9 Å². The minimum atomic E-state index is 0.664. The molecule has 106 heavy (non-hydrogen) atoms. The highest BCUT2D eigenvalue weighted by Gasteiger charge is 2.23. The van der Waals surface area contributed by atoms with E-state index < -0.39 is 0 Å². The molecule has 0 radical (unpaired) electrons. The van der Waals surface area contributed by atoms with Gasteiger partial charge >= 0.3 is 0 Å². The largest absolute Gasteiger partial charge is 0.309 e. The van der Waals surface area contributed by atoms with Crippen LogP contribution in [-0.4, -0.2) is 38.2 Å². The van der Waals surface area contributed by atoms with Crippen molar-refractivity contribution in [3.63, 3.8) is 0 Å². The minimum Gasteiger partial charge on any atom is -0.309 e. The SMILES string of the molecule is c1ccc(-c2ccc(-n3c4ccccc4c4cc(-c5ccc6c(c5)c5ccccc5n6-c5nc(-c6ccccc6)c6ccccc6n5)ccc43)cc2)cc1.c1ccc(-c2nc(-n3c4ccccc4c4cc(-c5ccc6c(c5)c5ccccc5n6-c5ccc6ccccc6c5)ccc43)nc3ccccc23)cc1. The van der Waals surface area contributed by atoms with Gasteiger partial charge in [-0.3, -0.25) is 9.13 Å². The summed E-state index contributed by atoms with van der Waals surface area (Å²) in [6.45, 7) is 0. The smallest absolute Gasteiger partial charge is 0.235 e. The van der Waals surface area contributed by atoms with Crippen LogP contribution in [0.25, 0.3) is 199 Å². The first kappa shape index (κ1) is 60.4. The van der Waals surface area contributed by atoms with Crippen LogP contribution in [0.2, 0.25) is 0 Å². The molecule has 0 saturated carbocycles. The van der Waals surface area contributed by atoms with E-state index in [0.29, 0.717) is 11.9 Å². The van der Waals surface area contributed by atoms with Crippen molar-refractivity contribution in [2.24, 2.45) is 0 Å². The van der Waals surface area contributed by atoms with Gasteiger partial charge in [-0.05, 0) is 153 Å². The van der Waals surface area contributed by atoms with Gasteiger partial charge in [0.05, 0.1) is 66.6 Å². The number of para-hydroxylation sites is 6. The molecule has 0 aliphatic rings. The number of rotatable bonds is 9. The molecule has 0 spiro atoms. The van der Waals surface area contributed by atoms with Crippen molar-refractivity contribution < 1.29 is 0 Å². The Morgan fingerprint density at radius 2 is 0.453 bits per heavy atom. The quantitative estimate of drug-likeness (QED) is 0.144. The van der Waals surface area contributed by atoms with E-state index in [1.807, 2.05) is 24.3 Å². The summed E-state index contributed by atoms with van der Waals surface area (Å²) in [4.78, 5) is 20.8. The molecule has 22 rings (SSSR count). The van der Waals surface area contributed by atoms with E-state index in [4.69, 9.17) is 19.9 Å². The highest BCUT2D eigenvalue weighted by molar-refractivity contribution is 6.15. The Morgan fingerprint density at radius 1 is 0.160 bits per heavy atom. The lowest BCUT2D eigenvalue weighted by Gasteiger charge is -2.12. The summed E-state index contributed by atoms with van der Waals surface area (Å²) in [6.07, 6.45) is 0. The maximum absolute atomic E-state index is 5.25. The molecule has 0 N–H and O–H groups in total. The molecule has 0 fully saturated rings. The lowest BCUT2D eigenvalue weighted by Crippen LogP contribution is -2.03. The highest BCUT2D eigenvalue weighted by atomic mass is 15.2. The van der Waals surface area contributed by atoms with Gasteiger partial charge in [0.2, 0.25) is 11.9 Å². The number of nitrogens with zero attached hydrogens (tertiary/aromatic N) is 8. The molecular formula is C98H62N8. The van der Waals surface area contributed by atoms with Gasteiger partial charge in [0.1, 0.15) is 0 Å². The van der Waals surface area contributed by atoms with Crippen LogP contribution in [0, 0.1) is 0 Å². The van der Waals surface area contributed by atoms with Crippen molar-refractivity contribution in [3.8, 4) is 79.2 Å². The third kappa shape index (κ3) is 9.99. The van der Waals surface area contributed by atoms with E-state index in [9.17, 15) is 0 Å². The second kappa shape index (κ2) is 24.7. The van der Waals surface area contributed by atoms with E-state index in [1.54, 1.807) is 0 Å². The van der Waals surface area contributed by atoms with Crippen LogP contribution in [-0.2, 0) is 0 Å². The molecule has 0 unspecified atom stereocenters. The summed E-state index contributed by atoms with van der Waals surface area (Å²) < 4.78 is 9.21. The van der Waals surface area contributed by atoms with Crippen LogP contribution in [0.3, 0.4) is 0 Å². The summed E-state index contributed by atoms with van der Waals surface area (Å²) in [5.74, 6) is 1.33. The Balaban J connectivity index is 0.000000136. The molecule has 0 amide bonds.